The highest BCUT2D eigenvalue weighted by Gasteiger charge is 2.43. The van der Waals surface area contributed by atoms with Gasteiger partial charge < -0.3 is 10.0 Å². The topological polar surface area (TPSA) is 74.7 Å². The van der Waals surface area contributed by atoms with Crippen LogP contribution in [0.5, 0.6) is 0 Å². The lowest BCUT2D eigenvalue weighted by Crippen LogP contribution is -2.50. The summed E-state index contributed by atoms with van der Waals surface area (Å²) < 4.78 is 0. The van der Waals surface area contributed by atoms with E-state index in [4.69, 9.17) is 0 Å². The fraction of sp³-hybridized carbons (Fsp3) is 0.769. The summed E-state index contributed by atoms with van der Waals surface area (Å²) in [6.45, 7) is 7.37. The summed E-state index contributed by atoms with van der Waals surface area (Å²) in [5, 5.41) is 9.36. The number of aliphatic carboxylic acids is 1. The highest BCUT2D eigenvalue weighted by atomic mass is 32.2. The van der Waals surface area contributed by atoms with Gasteiger partial charge in [0.15, 0.2) is 5.12 Å². The molecule has 1 amide bonds. The smallest absolute Gasteiger partial charge is 0.326 e. The number of hydrogen-bond acceptors (Lipinski definition) is 4. The molecule has 19 heavy (non-hydrogen) atoms. The van der Waals surface area contributed by atoms with E-state index < -0.39 is 17.4 Å². The molecule has 5 nitrogen and oxygen atoms in total. The first-order chi connectivity index (χ1) is 8.62. The molecule has 1 aliphatic heterocycles. The van der Waals surface area contributed by atoms with Gasteiger partial charge in [-0.05, 0) is 11.3 Å². The van der Waals surface area contributed by atoms with Gasteiger partial charge in [-0.3, -0.25) is 9.59 Å². The van der Waals surface area contributed by atoms with Crippen LogP contribution in [0.1, 0.15) is 34.1 Å². The summed E-state index contributed by atoms with van der Waals surface area (Å²) in [5.41, 5.74) is -0.510. The van der Waals surface area contributed by atoms with E-state index in [9.17, 15) is 19.5 Å². The van der Waals surface area contributed by atoms with Crippen LogP contribution in [0.4, 0.5) is 0 Å². The van der Waals surface area contributed by atoms with Crippen LogP contribution in [0.15, 0.2) is 0 Å². The van der Waals surface area contributed by atoms with Crippen LogP contribution in [0.2, 0.25) is 0 Å². The molecule has 0 aromatic rings. The zero-order valence-corrected chi connectivity index (χ0v) is 12.6. The highest BCUT2D eigenvalue weighted by Crippen LogP contribution is 2.31. The molecule has 2 unspecified atom stereocenters. The van der Waals surface area contributed by atoms with Crippen LogP contribution in [-0.2, 0) is 14.4 Å². The van der Waals surface area contributed by atoms with Crippen molar-refractivity contribution in [3.05, 3.63) is 0 Å². The summed E-state index contributed by atoms with van der Waals surface area (Å²) in [6, 6.07) is -0.813. The second kappa shape index (κ2) is 5.94. The maximum Gasteiger partial charge on any atom is 0.326 e. The number of carboxylic acids is 1. The minimum absolute atomic E-state index is 0.0245. The van der Waals surface area contributed by atoms with Crippen molar-refractivity contribution in [1.29, 1.82) is 0 Å². The molecule has 1 rings (SSSR count). The zero-order chi connectivity index (χ0) is 14.8. The molecule has 1 aliphatic rings. The number of hydrogen-bond donors (Lipinski definition) is 1. The standard InChI is InChI=1S/C13H21NO4S/c1-8(15)19-7-9-5-10(16)14(6-9)11(12(17)18)13(2,3)4/h9,11H,5-7H2,1-4H3,(H,17,18). The monoisotopic (exact) mass is 287 g/mol. The minimum Gasteiger partial charge on any atom is -0.480 e. The predicted octanol–water partition coefficient (Wildman–Crippen LogP) is 1.61. The number of rotatable bonds is 4. The second-order valence-electron chi connectivity index (χ2n) is 6.03. The largest absolute Gasteiger partial charge is 0.480 e. The van der Waals surface area contributed by atoms with Crippen molar-refractivity contribution >= 4 is 28.8 Å². The Balaban J connectivity index is 2.76. The highest BCUT2D eigenvalue weighted by molar-refractivity contribution is 8.13. The average Bonchev–Trinajstić information content (AvgIpc) is 2.54. The van der Waals surface area contributed by atoms with Gasteiger partial charge in [0.1, 0.15) is 6.04 Å². The van der Waals surface area contributed by atoms with Gasteiger partial charge in [-0.15, -0.1) is 0 Å². The molecule has 2 atom stereocenters. The van der Waals surface area contributed by atoms with Gasteiger partial charge in [0.25, 0.3) is 0 Å². The molecular weight excluding hydrogens is 266 g/mol. The van der Waals surface area contributed by atoms with Crippen LogP contribution >= 0.6 is 11.8 Å². The number of thioether (sulfide) groups is 1. The SMILES string of the molecule is CC(=O)SCC1CC(=O)N(C(C(=O)O)C(C)(C)C)C1. The van der Waals surface area contributed by atoms with Crippen molar-refractivity contribution in [2.75, 3.05) is 12.3 Å². The third-order valence-corrected chi connectivity index (χ3v) is 4.17. The minimum atomic E-state index is -0.972. The number of likely N-dealkylation sites (tertiary alicyclic amines) is 1. The molecule has 1 heterocycles. The molecule has 6 heteroatoms. The first kappa shape index (κ1) is 16.0. The molecule has 1 fully saturated rings. The quantitative estimate of drug-likeness (QED) is 0.850. The number of nitrogens with zero attached hydrogens (tertiary/aromatic N) is 1. The van der Waals surface area contributed by atoms with E-state index >= 15 is 0 Å². The van der Waals surface area contributed by atoms with Gasteiger partial charge in [0, 0.05) is 25.6 Å². The van der Waals surface area contributed by atoms with Gasteiger partial charge in [0.2, 0.25) is 5.91 Å². The Morgan fingerprint density at radius 1 is 1.47 bits per heavy atom. The molecule has 0 aromatic carbocycles. The van der Waals surface area contributed by atoms with Gasteiger partial charge in [-0.25, -0.2) is 4.79 Å². The van der Waals surface area contributed by atoms with E-state index in [1.165, 1.54) is 23.6 Å². The Morgan fingerprint density at radius 3 is 2.47 bits per heavy atom. The lowest BCUT2D eigenvalue weighted by molar-refractivity contribution is -0.153. The van der Waals surface area contributed by atoms with E-state index in [2.05, 4.69) is 0 Å². The first-order valence-electron chi connectivity index (χ1n) is 6.28. The fourth-order valence-corrected chi connectivity index (χ4v) is 3.07. The van der Waals surface area contributed by atoms with Crippen LogP contribution in [0, 0.1) is 11.3 Å². The molecule has 0 aliphatic carbocycles. The maximum atomic E-state index is 12.0. The van der Waals surface area contributed by atoms with Gasteiger partial charge >= 0.3 is 5.97 Å². The number of amides is 1. The van der Waals surface area contributed by atoms with Crippen molar-refractivity contribution in [2.45, 2.75) is 40.2 Å². The van der Waals surface area contributed by atoms with Crippen molar-refractivity contribution < 1.29 is 19.5 Å². The Bertz CT molecular complexity index is 389. The molecule has 0 bridgehead atoms. The summed E-state index contributed by atoms with van der Waals surface area (Å²) in [7, 11) is 0. The third kappa shape index (κ3) is 4.23. The summed E-state index contributed by atoms with van der Waals surface area (Å²) in [4.78, 5) is 35.8. The predicted molar refractivity (Wildman–Crippen MR) is 73.8 cm³/mol. The zero-order valence-electron chi connectivity index (χ0n) is 11.8. The third-order valence-electron chi connectivity index (χ3n) is 3.13. The van der Waals surface area contributed by atoms with Crippen LogP contribution in [0.3, 0.4) is 0 Å². The molecule has 0 saturated carbocycles. The Hall–Kier alpha value is -1.04. The number of carbonyl (C=O) groups is 3. The Labute approximate surface area is 117 Å². The summed E-state index contributed by atoms with van der Waals surface area (Å²) >= 11 is 1.19. The van der Waals surface area contributed by atoms with Gasteiger partial charge in [-0.1, -0.05) is 32.5 Å². The normalized spacial score (nSPS) is 21.6. The number of carbonyl (C=O) groups excluding carboxylic acids is 2. The first-order valence-corrected chi connectivity index (χ1v) is 7.27. The van der Waals surface area contributed by atoms with E-state index in [-0.39, 0.29) is 16.9 Å². The summed E-state index contributed by atoms with van der Waals surface area (Å²) in [6.07, 6.45) is 0.333. The molecule has 108 valence electrons. The second-order valence-corrected chi connectivity index (χ2v) is 7.22. The molecule has 0 radical (unpaired) electrons. The van der Waals surface area contributed by atoms with E-state index in [0.29, 0.717) is 18.7 Å². The van der Waals surface area contributed by atoms with E-state index in [1.54, 1.807) is 0 Å². The molecular formula is C13H21NO4S. The van der Waals surface area contributed by atoms with Gasteiger partial charge in [-0.2, -0.15) is 0 Å². The van der Waals surface area contributed by atoms with Crippen molar-refractivity contribution in [2.24, 2.45) is 11.3 Å². The molecule has 1 N–H and O–H groups in total. The van der Waals surface area contributed by atoms with E-state index in [1.807, 2.05) is 20.8 Å². The van der Waals surface area contributed by atoms with Gasteiger partial charge in [0.05, 0.1) is 0 Å². The van der Waals surface area contributed by atoms with Crippen molar-refractivity contribution in [3.63, 3.8) is 0 Å². The Kier molecular flexibility index (Phi) is 5.01. The van der Waals surface area contributed by atoms with Crippen LogP contribution < -0.4 is 0 Å². The fourth-order valence-electron chi connectivity index (χ4n) is 2.38. The van der Waals surface area contributed by atoms with Crippen molar-refractivity contribution in [1.82, 2.24) is 4.90 Å². The van der Waals surface area contributed by atoms with Crippen LogP contribution in [-0.4, -0.2) is 45.3 Å². The lowest BCUT2D eigenvalue weighted by atomic mass is 9.85. The average molecular weight is 287 g/mol. The molecule has 0 aromatic heterocycles. The number of carboxylic acid groups (broad SMARTS) is 1. The summed E-state index contributed by atoms with van der Waals surface area (Å²) in [5.74, 6) is -0.462. The van der Waals surface area contributed by atoms with E-state index in [0.717, 1.165) is 0 Å². The molecule has 1 saturated heterocycles. The molecule has 0 spiro atoms. The van der Waals surface area contributed by atoms with Crippen LogP contribution in [0.25, 0.3) is 0 Å². The van der Waals surface area contributed by atoms with Crippen molar-refractivity contribution in [3.8, 4) is 0 Å². The Morgan fingerprint density at radius 2 is 2.05 bits per heavy atom. The lowest BCUT2D eigenvalue weighted by Gasteiger charge is -2.34. The maximum absolute atomic E-state index is 12.0.